The van der Waals surface area contributed by atoms with E-state index in [-0.39, 0.29) is 6.61 Å². The van der Waals surface area contributed by atoms with Gasteiger partial charge in [0.2, 0.25) is 0 Å². The Balaban J connectivity index is 4.57. The van der Waals surface area contributed by atoms with Crippen molar-refractivity contribution in [3.05, 3.63) is 0 Å². The Kier molecular flexibility index (Phi) is 6.80. The molecule has 5 nitrogen and oxygen atoms in total. The Morgan fingerprint density at radius 1 is 1.24 bits per heavy atom. The van der Waals surface area contributed by atoms with Gasteiger partial charge in [-0.15, -0.1) is 0 Å². The molecule has 0 saturated heterocycles. The van der Waals surface area contributed by atoms with E-state index in [1.165, 1.54) is 4.90 Å². The molecule has 0 heterocycles. The van der Waals surface area contributed by atoms with Crippen molar-refractivity contribution in [2.45, 2.75) is 39.7 Å². The maximum Gasteiger partial charge on any atom is 0.397 e. The molecule has 0 bridgehead atoms. The first-order valence-corrected chi connectivity index (χ1v) is 5.82. The fourth-order valence-corrected chi connectivity index (χ4v) is 1.41. The molecule has 0 aromatic rings. The van der Waals surface area contributed by atoms with E-state index >= 15 is 0 Å². The first-order valence-electron chi connectivity index (χ1n) is 5.82. The van der Waals surface area contributed by atoms with Crippen molar-refractivity contribution in [2.24, 2.45) is 0 Å². The van der Waals surface area contributed by atoms with Crippen molar-refractivity contribution in [3.8, 4) is 0 Å². The van der Waals surface area contributed by atoms with Crippen LogP contribution in [-0.2, 0) is 19.1 Å². The number of esters is 1. The predicted octanol–water partition coefficient (Wildman–Crippen LogP) is 1.21. The summed E-state index contributed by atoms with van der Waals surface area (Å²) in [6.45, 7) is 8.58. The minimum Gasteiger partial charge on any atom is -0.459 e. The Bertz CT molecular complexity index is 258. The minimum absolute atomic E-state index is 0.209. The lowest BCUT2D eigenvalue weighted by molar-refractivity contribution is -0.162. The molecule has 0 atom stereocenters. The van der Waals surface area contributed by atoms with Gasteiger partial charge in [0.15, 0.2) is 0 Å². The highest BCUT2D eigenvalue weighted by Gasteiger charge is 2.31. The number of hydrogen-bond donors (Lipinski definition) is 0. The number of hydrogen-bond acceptors (Lipinski definition) is 4. The van der Waals surface area contributed by atoms with Gasteiger partial charge in [-0.3, -0.25) is 4.79 Å². The first-order chi connectivity index (χ1) is 7.84. The molecule has 100 valence electrons. The van der Waals surface area contributed by atoms with E-state index in [4.69, 9.17) is 9.47 Å². The third-order valence-corrected chi connectivity index (χ3v) is 2.24. The van der Waals surface area contributed by atoms with Gasteiger partial charge in [-0.1, -0.05) is 0 Å². The molecule has 0 N–H and O–H groups in total. The third kappa shape index (κ3) is 5.68. The molecule has 0 aromatic carbocycles. The Morgan fingerprint density at radius 3 is 2.24 bits per heavy atom. The molecule has 5 heteroatoms. The zero-order chi connectivity index (χ0) is 13.5. The quantitative estimate of drug-likeness (QED) is 0.415. The molecule has 0 radical (unpaired) electrons. The molecule has 0 aromatic heterocycles. The monoisotopic (exact) mass is 245 g/mol. The summed E-state index contributed by atoms with van der Waals surface area (Å²) in [5.41, 5.74) is -0.405. The standard InChI is InChI=1S/C12H23NO4/c1-6-17-11(15)10(14)13(12(2,3)4)8-7-9-16-5/h6-9H2,1-5H3. The van der Waals surface area contributed by atoms with Crippen molar-refractivity contribution >= 4 is 11.9 Å². The van der Waals surface area contributed by atoms with Crippen LogP contribution in [0.15, 0.2) is 0 Å². The zero-order valence-corrected chi connectivity index (χ0v) is 11.4. The fraction of sp³-hybridized carbons (Fsp3) is 0.833. The maximum absolute atomic E-state index is 11.9. The summed E-state index contributed by atoms with van der Waals surface area (Å²) >= 11 is 0. The second-order valence-electron chi connectivity index (χ2n) is 4.69. The number of rotatable bonds is 5. The fourth-order valence-electron chi connectivity index (χ4n) is 1.41. The SMILES string of the molecule is CCOC(=O)C(=O)N(CCCOC)C(C)(C)C. The van der Waals surface area contributed by atoms with Crippen LogP contribution in [0.1, 0.15) is 34.1 Å². The van der Waals surface area contributed by atoms with Gasteiger partial charge in [-0.05, 0) is 34.1 Å². The van der Waals surface area contributed by atoms with Crippen molar-refractivity contribution in [1.82, 2.24) is 4.90 Å². The van der Waals surface area contributed by atoms with Crippen LogP contribution in [0.5, 0.6) is 0 Å². The number of carbonyl (C=O) groups is 2. The van der Waals surface area contributed by atoms with Crippen molar-refractivity contribution in [2.75, 3.05) is 26.9 Å². The summed E-state index contributed by atoms with van der Waals surface area (Å²) in [4.78, 5) is 24.8. The third-order valence-electron chi connectivity index (χ3n) is 2.24. The normalized spacial score (nSPS) is 11.1. The van der Waals surface area contributed by atoms with Gasteiger partial charge in [0.1, 0.15) is 0 Å². The smallest absolute Gasteiger partial charge is 0.397 e. The van der Waals surface area contributed by atoms with E-state index in [9.17, 15) is 9.59 Å². The zero-order valence-electron chi connectivity index (χ0n) is 11.4. The largest absolute Gasteiger partial charge is 0.459 e. The average Bonchev–Trinajstić information content (AvgIpc) is 2.22. The number of nitrogens with zero attached hydrogens (tertiary/aromatic N) is 1. The van der Waals surface area contributed by atoms with Crippen molar-refractivity contribution < 1.29 is 19.1 Å². The Labute approximate surface area is 103 Å². The maximum atomic E-state index is 11.9. The van der Waals surface area contributed by atoms with E-state index < -0.39 is 17.4 Å². The highest BCUT2D eigenvalue weighted by molar-refractivity contribution is 6.32. The molecule has 0 aliphatic carbocycles. The molecule has 0 fully saturated rings. The van der Waals surface area contributed by atoms with Crippen molar-refractivity contribution in [3.63, 3.8) is 0 Å². The van der Waals surface area contributed by atoms with Crippen LogP contribution < -0.4 is 0 Å². The lowest BCUT2D eigenvalue weighted by Crippen LogP contribution is -2.49. The molecule has 0 saturated carbocycles. The van der Waals surface area contributed by atoms with E-state index in [2.05, 4.69) is 0 Å². The van der Waals surface area contributed by atoms with Crippen LogP contribution in [0.25, 0.3) is 0 Å². The van der Waals surface area contributed by atoms with E-state index in [0.29, 0.717) is 19.6 Å². The predicted molar refractivity (Wildman–Crippen MR) is 64.6 cm³/mol. The van der Waals surface area contributed by atoms with E-state index in [0.717, 1.165) is 0 Å². The minimum atomic E-state index is -0.792. The molecule has 0 unspecified atom stereocenters. The second-order valence-corrected chi connectivity index (χ2v) is 4.69. The number of methoxy groups -OCH3 is 1. The van der Waals surface area contributed by atoms with Crippen LogP contribution in [0.3, 0.4) is 0 Å². The summed E-state index contributed by atoms with van der Waals surface area (Å²) in [6.07, 6.45) is 0.693. The summed E-state index contributed by atoms with van der Waals surface area (Å²) in [6, 6.07) is 0. The van der Waals surface area contributed by atoms with Crippen LogP contribution in [0.4, 0.5) is 0 Å². The molecule has 0 aliphatic heterocycles. The number of amides is 1. The van der Waals surface area contributed by atoms with Crippen LogP contribution in [0.2, 0.25) is 0 Å². The average molecular weight is 245 g/mol. The summed E-state index contributed by atoms with van der Waals surface area (Å²) in [7, 11) is 1.61. The summed E-state index contributed by atoms with van der Waals surface area (Å²) in [5, 5.41) is 0. The summed E-state index contributed by atoms with van der Waals surface area (Å²) < 4.78 is 9.66. The van der Waals surface area contributed by atoms with Crippen molar-refractivity contribution in [1.29, 1.82) is 0 Å². The molecular formula is C12H23NO4. The topological polar surface area (TPSA) is 55.8 Å². The number of carbonyl (C=O) groups excluding carboxylic acids is 2. The highest BCUT2D eigenvalue weighted by Crippen LogP contribution is 2.14. The van der Waals surface area contributed by atoms with Gasteiger partial charge in [0, 0.05) is 25.8 Å². The number of ether oxygens (including phenoxy) is 2. The summed E-state index contributed by atoms with van der Waals surface area (Å²) in [5.74, 6) is -1.38. The van der Waals surface area contributed by atoms with Crippen LogP contribution >= 0.6 is 0 Å². The lowest BCUT2D eigenvalue weighted by atomic mass is 10.1. The second kappa shape index (κ2) is 7.27. The van der Waals surface area contributed by atoms with Gasteiger partial charge >= 0.3 is 11.9 Å². The molecule has 0 aliphatic rings. The first kappa shape index (κ1) is 15.9. The Hall–Kier alpha value is -1.10. The van der Waals surface area contributed by atoms with E-state index in [1.54, 1.807) is 14.0 Å². The molecule has 0 spiro atoms. The van der Waals surface area contributed by atoms with Gasteiger partial charge in [-0.25, -0.2) is 4.79 Å². The molecule has 0 rings (SSSR count). The van der Waals surface area contributed by atoms with E-state index in [1.807, 2.05) is 20.8 Å². The van der Waals surface area contributed by atoms with Gasteiger partial charge in [-0.2, -0.15) is 0 Å². The Morgan fingerprint density at radius 2 is 1.82 bits per heavy atom. The van der Waals surface area contributed by atoms with Gasteiger partial charge in [0.25, 0.3) is 0 Å². The lowest BCUT2D eigenvalue weighted by Gasteiger charge is -2.34. The molecule has 17 heavy (non-hydrogen) atoms. The van der Waals surface area contributed by atoms with Crippen LogP contribution in [-0.4, -0.2) is 49.2 Å². The van der Waals surface area contributed by atoms with Gasteiger partial charge < -0.3 is 14.4 Å². The molecular weight excluding hydrogens is 222 g/mol. The highest BCUT2D eigenvalue weighted by atomic mass is 16.5. The molecule has 1 amide bonds. The van der Waals surface area contributed by atoms with Crippen LogP contribution in [0, 0.1) is 0 Å². The van der Waals surface area contributed by atoms with Gasteiger partial charge in [0.05, 0.1) is 6.61 Å².